The maximum atomic E-state index is 13.8. The number of para-hydroxylation sites is 1. The summed E-state index contributed by atoms with van der Waals surface area (Å²) in [4.78, 5) is 33.1. The zero-order valence-corrected chi connectivity index (χ0v) is 23.0. The van der Waals surface area contributed by atoms with Gasteiger partial charge in [0.05, 0.1) is 0 Å². The molecule has 3 aromatic rings. The summed E-state index contributed by atoms with van der Waals surface area (Å²) < 4.78 is 0. The number of nitrogens with zero attached hydrogens (tertiary/aromatic N) is 3. The molecule has 39 heavy (non-hydrogen) atoms. The van der Waals surface area contributed by atoms with E-state index in [1.165, 1.54) is 24.8 Å². The van der Waals surface area contributed by atoms with Crippen molar-refractivity contribution in [3.63, 3.8) is 0 Å². The molecule has 0 atom stereocenters. The van der Waals surface area contributed by atoms with Crippen LogP contribution in [0.4, 0.5) is 5.69 Å². The maximum Gasteiger partial charge on any atom is 0.253 e. The summed E-state index contributed by atoms with van der Waals surface area (Å²) in [6, 6.07) is 30.4. The molecule has 2 saturated heterocycles. The Balaban J connectivity index is 1.11. The van der Waals surface area contributed by atoms with E-state index in [1.807, 2.05) is 70.5 Å². The fraction of sp³-hybridized carbons (Fsp3) is 0.412. The maximum absolute atomic E-state index is 13.8. The van der Waals surface area contributed by atoms with E-state index in [4.69, 9.17) is 0 Å². The molecule has 0 N–H and O–H groups in total. The van der Waals surface area contributed by atoms with E-state index in [9.17, 15) is 9.59 Å². The number of carbonyl (C=O) groups excluding carboxylic acids is 2. The number of carbonyl (C=O) groups is 2. The van der Waals surface area contributed by atoms with Crippen LogP contribution in [0.3, 0.4) is 0 Å². The number of benzene rings is 3. The van der Waals surface area contributed by atoms with E-state index in [0.29, 0.717) is 13.1 Å². The molecule has 0 aliphatic carbocycles. The summed E-state index contributed by atoms with van der Waals surface area (Å²) in [7, 11) is 0. The predicted molar refractivity (Wildman–Crippen MR) is 158 cm³/mol. The number of likely N-dealkylation sites (tertiary alicyclic amines) is 2. The molecule has 3 aromatic carbocycles. The summed E-state index contributed by atoms with van der Waals surface area (Å²) in [6.45, 7) is 5.30. The van der Waals surface area contributed by atoms with Crippen molar-refractivity contribution in [2.24, 2.45) is 11.8 Å². The van der Waals surface area contributed by atoms with Gasteiger partial charge in [0.15, 0.2) is 0 Å². The molecule has 2 amide bonds. The van der Waals surface area contributed by atoms with Gasteiger partial charge >= 0.3 is 0 Å². The van der Waals surface area contributed by atoms with Crippen molar-refractivity contribution < 1.29 is 9.59 Å². The molecule has 2 heterocycles. The van der Waals surface area contributed by atoms with Crippen LogP contribution in [0.5, 0.6) is 0 Å². The lowest BCUT2D eigenvalue weighted by atomic mass is 9.90. The quantitative estimate of drug-likeness (QED) is 0.350. The molecule has 5 rings (SSSR count). The molecule has 0 bridgehead atoms. The van der Waals surface area contributed by atoms with Crippen molar-refractivity contribution >= 4 is 17.5 Å². The Kier molecular flexibility index (Phi) is 9.44. The lowest BCUT2D eigenvalue weighted by Crippen LogP contribution is -2.45. The Morgan fingerprint density at radius 2 is 1.31 bits per heavy atom. The fourth-order valence-corrected chi connectivity index (χ4v) is 6.10. The topological polar surface area (TPSA) is 43.9 Å². The van der Waals surface area contributed by atoms with Gasteiger partial charge in [-0.05, 0) is 93.9 Å². The van der Waals surface area contributed by atoms with E-state index in [-0.39, 0.29) is 17.7 Å². The molecule has 0 spiro atoms. The molecule has 2 fully saturated rings. The molecule has 204 valence electrons. The van der Waals surface area contributed by atoms with Crippen LogP contribution in [0.15, 0.2) is 91.0 Å². The van der Waals surface area contributed by atoms with Crippen LogP contribution in [0.1, 0.15) is 48.0 Å². The molecule has 5 heteroatoms. The van der Waals surface area contributed by atoms with E-state index >= 15 is 0 Å². The second-order valence-electron chi connectivity index (χ2n) is 11.1. The van der Waals surface area contributed by atoms with Crippen LogP contribution in [0.2, 0.25) is 0 Å². The second-order valence-corrected chi connectivity index (χ2v) is 11.1. The smallest absolute Gasteiger partial charge is 0.253 e. The zero-order valence-electron chi connectivity index (χ0n) is 23.0. The first-order valence-electron chi connectivity index (χ1n) is 14.6. The van der Waals surface area contributed by atoms with Crippen molar-refractivity contribution in [2.75, 3.05) is 44.2 Å². The first-order valence-corrected chi connectivity index (χ1v) is 14.6. The Morgan fingerprint density at radius 3 is 1.95 bits per heavy atom. The summed E-state index contributed by atoms with van der Waals surface area (Å²) in [5.74, 6) is 0.993. The number of piperidine rings is 2. The minimum atomic E-state index is -0.0428. The predicted octanol–water partition coefficient (Wildman–Crippen LogP) is 5.92. The van der Waals surface area contributed by atoms with Crippen LogP contribution >= 0.6 is 0 Å². The Labute approximate surface area is 233 Å². The van der Waals surface area contributed by atoms with Crippen molar-refractivity contribution in [3.8, 4) is 0 Å². The molecular formula is C34H41N3O2. The lowest BCUT2D eigenvalue weighted by Gasteiger charge is -2.35. The highest BCUT2D eigenvalue weighted by Crippen LogP contribution is 2.26. The number of rotatable bonds is 9. The average molecular weight is 524 g/mol. The van der Waals surface area contributed by atoms with Crippen LogP contribution in [0, 0.1) is 11.8 Å². The summed E-state index contributed by atoms with van der Waals surface area (Å²) in [6.07, 6.45) is 6.08. The minimum absolute atomic E-state index is 0.0428. The van der Waals surface area contributed by atoms with Crippen LogP contribution in [-0.2, 0) is 11.2 Å². The number of anilines is 1. The third-order valence-corrected chi connectivity index (χ3v) is 8.42. The molecule has 0 radical (unpaired) electrons. The third-order valence-electron chi connectivity index (χ3n) is 8.42. The fourth-order valence-electron chi connectivity index (χ4n) is 6.10. The van der Waals surface area contributed by atoms with Gasteiger partial charge in [-0.3, -0.25) is 9.59 Å². The second kappa shape index (κ2) is 13.6. The molecular weight excluding hydrogens is 482 g/mol. The zero-order chi connectivity index (χ0) is 26.9. The summed E-state index contributed by atoms with van der Waals surface area (Å²) in [5, 5.41) is 0. The minimum Gasteiger partial charge on any atom is -0.339 e. The molecule has 2 aliphatic heterocycles. The number of amides is 2. The van der Waals surface area contributed by atoms with Gasteiger partial charge in [0.1, 0.15) is 0 Å². The highest BCUT2D eigenvalue weighted by Gasteiger charge is 2.31. The SMILES string of the molecule is O=C(c1ccccc1)N1CCC(C(=O)N(CCCN2CCC(Cc3ccccc3)CC2)c2ccccc2)CC1. The summed E-state index contributed by atoms with van der Waals surface area (Å²) >= 11 is 0. The van der Waals surface area contributed by atoms with E-state index in [0.717, 1.165) is 62.6 Å². The molecule has 0 aromatic heterocycles. The van der Waals surface area contributed by atoms with Gasteiger partial charge in [-0.1, -0.05) is 66.7 Å². The normalized spacial score (nSPS) is 17.2. The van der Waals surface area contributed by atoms with Crippen molar-refractivity contribution in [3.05, 3.63) is 102 Å². The van der Waals surface area contributed by atoms with E-state index in [1.54, 1.807) is 0 Å². The molecule has 0 saturated carbocycles. The Bertz CT molecular complexity index is 1170. The van der Waals surface area contributed by atoms with Crippen molar-refractivity contribution in [1.82, 2.24) is 9.80 Å². The van der Waals surface area contributed by atoms with Gasteiger partial charge < -0.3 is 14.7 Å². The molecule has 0 unspecified atom stereocenters. The van der Waals surface area contributed by atoms with E-state index in [2.05, 4.69) is 35.2 Å². The molecule has 2 aliphatic rings. The third kappa shape index (κ3) is 7.36. The van der Waals surface area contributed by atoms with Crippen LogP contribution in [-0.4, -0.2) is 60.9 Å². The van der Waals surface area contributed by atoms with Crippen molar-refractivity contribution in [2.45, 2.75) is 38.5 Å². The van der Waals surface area contributed by atoms with E-state index < -0.39 is 0 Å². The van der Waals surface area contributed by atoms with Gasteiger partial charge in [0.2, 0.25) is 5.91 Å². The lowest BCUT2D eigenvalue weighted by molar-refractivity contribution is -0.123. The van der Waals surface area contributed by atoms with Gasteiger partial charge in [-0.15, -0.1) is 0 Å². The number of hydrogen-bond acceptors (Lipinski definition) is 3. The van der Waals surface area contributed by atoms with Crippen molar-refractivity contribution in [1.29, 1.82) is 0 Å². The Hall–Kier alpha value is -3.44. The number of hydrogen-bond donors (Lipinski definition) is 0. The largest absolute Gasteiger partial charge is 0.339 e. The first-order chi connectivity index (χ1) is 19.2. The van der Waals surface area contributed by atoms with Gasteiger partial charge in [0.25, 0.3) is 5.91 Å². The first kappa shape index (κ1) is 27.1. The highest BCUT2D eigenvalue weighted by molar-refractivity contribution is 5.96. The Morgan fingerprint density at radius 1 is 0.718 bits per heavy atom. The van der Waals surface area contributed by atoms with Gasteiger partial charge in [0, 0.05) is 36.8 Å². The van der Waals surface area contributed by atoms with Gasteiger partial charge in [-0.25, -0.2) is 0 Å². The monoisotopic (exact) mass is 523 g/mol. The van der Waals surface area contributed by atoms with Crippen LogP contribution < -0.4 is 4.90 Å². The standard InChI is InChI=1S/C34H41N3O2/c38-33(30-13-6-2-7-14-30)36-25-19-31(20-26-36)34(39)37(32-15-8-3-9-16-32)22-10-21-35-23-17-29(18-24-35)27-28-11-4-1-5-12-28/h1-9,11-16,29,31H,10,17-27H2. The van der Waals surface area contributed by atoms with Crippen LogP contribution in [0.25, 0.3) is 0 Å². The highest BCUT2D eigenvalue weighted by atomic mass is 16.2. The average Bonchev–Trinajstić information content (AvgIpc) is 3.01. The summed E-state index contributed by atoms with van der Waals surface area (Å²) in [5.41, 5.74) is 3.15. The molecule has 5 nitrogen and oxygen atoms in total. The van der Waals surface area contributed by atoms with Gasteiger partial charge in [-0.2, -0.15) is 0 Å².